The number of rotatable bonds is 10. The Morgan fingerprint density at radius 2 is 0.622 bits per heavy atom. The van der Waals surface area contributed by atoms with E-state index < -0.39 is 0 Å². The summed E-state index contributed by atoms with van der Waals surface area (Å²) in [5, 5.41) is 0. The molecule has 7 heteroatoms. The van der Waals surface area contributed by atoms with E-state index >= 15 is 0 Å². The number of nitrogens with zero attached hydrogens (tertiary/aromatic N) is 2. The van der Waals surface area contributed by atoms with Gasteiger partial charge in [-0.1, -0.05) is 0 Å². The van der Waals surface area contributed by atoms with Gasteiger partial charge < -0.3 is 0 Å². The summed E-state index contributed by atoms with van der Waals surface area (Å²) in [7, 11) is 0. The van der Waals surface area contributed by atoms with E-state index in [1.807, 2.05) is 24.3 Å². The number of benzene rings is 4. The van der Waals surface area contributed by atoms with Gasteiger partial charge >= 0.3 is 269 Å². The average Bonchev–Trinajstić information content (AvgIpc) is 2.91. The minimum Gasteiger partial charge on any atom is 2.00 e. The Labute approximate surface area is 266 Å². The summed E-state index contributed by atoms with van der Waals surface area (Å²) in [5.41, 5.74) is 5.26. The van der Waals surface area contributed by atoms with Crippen LogP contribution in [-0.2, 0) is 45.7 Å². The SMILES string of the molecule is [Se]=C([Se-])N(Cc1ccccc1)Cc1ccccc1.[Se]=C([Se-])N(Cc1ccccc1)Cc1ccccc1.[Zn+2]. The summed E-state index contributed by atoms with van der Waals surface area (Å²) < 4.78 is 2.20. The fourth-order valence-electron chi connectivity index (χ4n) is 3.59. The molecule has 4 aromatic carbocycles. The Morgan fingerprint density at radius 1 is 0.432 bits per heavy atom. The van der Waals surface area contributed by atoms with E-state index in [1.54, 1.807) is 0 Å². The molecular formula is C30H28N2Se4Zn. The second-order valence-electron chi connectivity index (χ2n) is 8.19. The van der Waals surface area contributed by atoms with Crippen molar-refractivity contribution in [3.05, 3.63) is 144 Å². The molecule has 2 nitrogen and oxygen atoms in total. The van der Waals surface area contributed by atoms with Crippen molar-refractivity contribution in [2.24, 2.45) is 0 Å². The van der Waals surface area contributed by atoms with Crippen LogP contribution in [-0.4, -0.2) is 79.9 Å². The first-order valence-electron chi connectivity index (χ1n) is 11.6. The minimum atomic E-state index is 0. The van der Waals surface area contributed by atoms with Gasteiger partial charge in [0.1, 0.15) is 0 Å². The molecule has 0 heterocycles. The molecule has 0 bridgehead atoms. The van der Waals surface area contributed by atoms with E-state index in [9.17, 15) is 0 Å². The summed E-state index contributed by atoms with van der Waals surface area (Å²) in [6, 6.07) is 42.0. The van der Waals surface area contributed by atoms with Gasteiger partial charge in [-0.3, -0.25) is 0 Å². The van der Waals surface area contributed by atoms with Crippen molar-refractivity contribution in [1.29, 1.82) is 0 Å². The fraction of sp³-hybridized carbons (Fsp3) is 0.133. The van der Waals surface area contributed by atoms with Crippen molar-refractivity contribution in [2.75, 3.05) is 0 Å². The molecule has 0 radical (unpaired) electrons. The first kappa shape index (κ1) is 32.1. The predicted octanol–water partition coefficient (Wildman–Crippen LogP) is 4.22. The van der Waals surface area contributed by atoms with Crippen molar-refractivity contribution in [1.82, 2.24) is 9.80 Å². The van der Waals surface area contributed by atoms with Crippen molar-refractivity contribution in [3.63, 3.8) is 0 Å². The quantitative estimate of drug-likeness (QED) is 0.222. The van der Waals surface area contributed by atoms with Crippen LogP contribution in [0.3, 0.4) is 0 Å². The maximum Gasteiger partial charge on any atom is 2.00 e. The Morgan fingerprint density at radius 3 is 0.784 bits per heavy atom. The van der Waals surface area contributed by atoms with Gasteiger partial charge in [-0.25, -0.2) is 0 Å². The van der Waals surface area contributed by atoms with Gasteiger partial charge in [0.2, 0.25) is 0 Å². The maximum absolute atomic E-state index is 3.07. The molecule has 37 heavy (non-hydrogen) atoms. The van der Waals surface area contributed by atoms with Crippen molar-refractivity contribution < 1.29 is 19.5 Å². The van der Waals surface area contributed by atoms with Crippen molar-refractivity contribution in [2.45, 2.75) is 26.2 Å². The number of hydrogen-bond donors (Lipinski definition) is 0. The molecule has 0 saturated carbocycles. The van der Waals surface area contributed by atoms with Crippen LogP contribution in [0, 0.1) is 0 Å². The Kier molecular flexibility index (Phi) is 15.9. The van der Waals surface area contributed by atoms with Crippen molar-refractivity contribution >= 4 is 70.1 Å². The Hall–Kier alpha value is -1.08. The molecule has 0 unspecified atom stereocenters. The first-order valence-corrected chi connectivity index (χ1v) is 15.0. The fourth-order valence-corrected chi connectivity index (χ4v) is 4.67. The van der Waals surface area contributed by atoms with Crippen LogP contribution in [0.15, 0.2) is 121 Å². The van der Waals surface area contributed by atoms with Gasteiger partial charge in [-0.05, 0) is 0 Å². The van der Waals surface area contributed by atoms with E-state index in [0.717, 1.165) is 33.1 Å². The Balaban J connectivity index is 0.000000253. The topological polar surface area (TPSA) is 6.48 Å². The largest absolute Gasteiger partial charge is 2.00 e. The Bertz CT molecular complexity index is 1010. The average molecular weight is 798 g/mol. The van der Waals surface area contributed by atoms with Gasteiger partial charge in [-0.2, -0.15) is 0 Å². The van der Waals surface area contributed by atoms with E-state index in [2.05, 4.69) is 170 Å². The van der Waals surface area contributed by atoms with Gasteiger partial charge in [-0.15, -0.1) is 0 Å². The summed E-state index contributed by atoms with van der Waals surface area (Å²) in [4.78, 5) is 4.59. The first-order chi connectivity index (χ1) is 17.5. The number of hydrogen-bond acceptors (Lipinski definition) is 2. The summed E-state index contributed by atoms with van der Waals surface area (Å²) >= 11 is 12.3. The van der Waals surface area contributed by atoms with E-state index in [4.69, 9.17) is 0 Å². The minimum absolute atomic E-state index is 0. The van der Waals surface area contributed by atoms with Gasteiger partial charge in [0, 0.05) is 0 Å². The molecule has 0 fully saturated rings. The molecule has 184 valence electrons. The molecule has 0 aromatic heterocycles. The van der Waals surface area contributed by atoms with Gasteiger partial charge in [0.05, 0.1) is 0 Å². The molecule has 0 spiro atoms. The summed E-state index contributed by atoms with van der Waals surface area (Å²) in [5.74, 6) is 0. The van der Waals surface area contributed by atoms with Crippen LogP contribution < -0.4 is 0 Å². The van der Waals surface area contributed by atoms with Crippen LogP contribution >= 0.6 is 0 Å². The van der Waals surface area contributed by atoms with E-state index in [0.29, 0.717) is 0 Å². The van der Waals surface area contributed by atoms with Crippen LogP contribution in [0.5, 0.6) is 0 Å². The zero-order valence-electron chi connectivity index (χ0n) is 20.6. The smallest absolute Gasteiger partial charge is 2.00 e. The van der Waals surface area contributed by atoms with E-state index in [1.165, 1.54) is 22.3 Å². The maximum atomic E-state index is 3.07. The zero-order chi connectivity index (χ0) is 25.6. The molecule has 0 atom stereocenters. The van der Waals surface area contributed by atoms with Crippen LogP contribution in [0.1, 0.15) is 22.3 Å². The third-order valence-electron chi connectivity index (χ3n) is 5.38. The monoisotopic (exact) mass is 800 g/mol. The van der Waals surface area contributed by atoms with Crippen LogP contribution in [0.25, 0.3) is 0 Å². The normalized spacial score (nSPS) is 9.73. The predicted molar refractivity (Wildman–Crippen MR) is 157 cm³/mol. The second-order valence-corrected chi connectivity index (χ2v) is 14.1. The molecule has 0 aliphatic carbocycles. The van der Waals surface area contributed by atoms with Crippen molar-refractivity contribution in [3.8, 4) is 0 Å². The molecule has 0 amide bonds. The standard InChI is InChI=1S/2C15H15NSe2.Zn/c2*17-15(18)16(11-13-7-3-1-4-8-13)12-14-9-5-2-6-10-14;/h2*1-10H,11-12H2,(H,17,18);/q;;+2/p-2. The molecule has 0 saturated heterocycles. The molecule has 4 rings (SSSR count). The van der Waals surface area contributed by atoms with Crippen LogP contribution in [0.2, 0.25) is 0 Å². The third kappa shape index (κ3) is 12.5. The summed E-state index contributed by atoms with van der Waals surface area (Å²) in [6.07, 6.45) is 0. The molecule has 0 aliphatic heterocycles. The molecule has 0 aliphatic rings. The third-order valence-corrected chi connectivity index (χ3v) is 7.55. The van der Waals surface area contributed by atoms with Gasteiger partial charge in [0.15, 0.2) is 0 Å². The summed E-state index contributed by atoms with van der Waals surface area (Å²) in [6.45, 7) is 3.63. The second kappa shape index (κ2) is 18.3. The molecule has 4 aromatic rings. The molecular weight excluding hydrogens is 770 g/mol. The van der Waals surface area contributed by atoms with E-state index in [-0.39, 0.29) is 19.5 Å². The molecule has 0 N–H and O–H groups in total. The van der Waals surface area contributed by atoms with Crippen LogP contribution in [0.4, 0.5) is 0 Å². The van der Waals surface area contributed by atoms with Gasteiger partial charge in [0.25, 0.3) is 0 Å². The zero-order valence-corrected chi connectivity index (χ0v) is 30.4.